The quantitative estimate of drug-likeness (QED) is 0.724. The summed E-state index contributed by atoms with van der Waals surface area (Å²) in [4.78, 5) is 4.24. The molecule has 0 unspecified atom stereocenters. The van der Waals surface area contributed by atoms with Gasteiger partial charge < -0.3 is 10.3 Å². The average Bonchev–Trinajstić information content (AvgIpc) is 2.91. The van der Waals surface area contributed by atoms with E-state index >= 15 is 0 Å². The van der Waals surface area contributed by atoms with Gasteiger partial charge in [-0.1, -0.05) is 29.4 Å². The second-order valence-corrected chi connectivity index (χ2v) is 4.48. The molecule has 4 nitrogen and oxygen atoms in total. The van der Waals surface area contributed by atoms with E-state index in [1.54, 1.807) is 0 Å². The lowest BCUT2D eigenvalue weighted by Crippen LogP contribution is -1.90. The van der Waals surface area contributed by atoms with E-state index in [4.69, 9.17) is 10.3 Å². The monoisotopic (exact) mass is 269 g/mol. The highest BCUT2D eigenvalue weighted by atomic mass is 19.1. The molecule has 0 radical (unpaired) electrons. The molecule has 5 heteroatoms. The van der Waals surface area contributed by atoms with Crippen LogP contribution in [-0.2, 0) is 0 Å². The van der Waals surface area contributed by atoms with Crippen LogP contribution in [0.2, 0.25) is 0 Å². The number of benzene rings is 2. The van der Waals surface area contributed by atoms with Gasteiger partial charge in [-0.15, -0.1) is 0 Å². The molecule has 3 aromatic rings. The summed E-state index contributed by atoms with van der Waals surface area (Å²) in [7, 11) is 0. The fraction of sp³-hybridized carbons (Fsp3) is 0.0667. The molecule has 0 aliphatic carbocycles. The zero-order valence-electron chi connectivity index (χ0n) is 10.8. The van der Waals surface area contributed by atoms with Crippen LogP contribution in [0.1, 0.15) is 5.56 Å². The van der Waals surface area contributed by atoms with Crippen LogP contribution in [-0.4, -0.2) is 10.1 Å². The lowest BCUT2D eigenvalue weighted by Gasteiger charge is -1.99. The number of anilines is 1. The Morgan fingerprint density at radius 3 is 2.70 bits per heavy atom. The molecule has 0 spiro atoms. The van der Waals surface area contributed by atoms with E-state index < -0.39 is 5.82 Å². The van der Waals surface area contributed by atoms with E-state index in [0.717, 1.165) is 11.1 Å². The topological polar surface area (TPSA) is 64.9 Å². The first-order valence-electron chi connectivity index (χ1n) is 6.10. The van der Waals surface area contributed by atoms with E-state index in [9.17, 15) is 4.39 Å². The number of halogens is 1. The Kier molecular flexibility index (Phi) is 2.95. The summed E-state index contributed by atoms with van der Waals surface area (Å²) in [6.45, 7) is 1.95. The standard InChI is InChI=1S/C15H12FN3O/c1-9-4-2-3-5-11(9)14-18-15(20-19-14)12-8-10(17)6-7-13(12)16/h2-8H,17H2,1H3. The van der Waals surface area contributed by atoms with Crippen LogP contribution in [0.25, 0.3) is 22.8 Å². The highest BCUT2D eigenvalue weighted by molar-refractivity contribution is 5.65. The van der Waals surface area contributed by atoms with Gasteiger partial charge in [0.05, 0.1) is 5.56 Å². The largest absolute Gasteiger partial charge is 0.399 e. The Morgan fingerprint density at radius 1 is 1.10 bits per heavy atom. The highest BCUT2D eigenvalue weighted by Crippen LogP contribution is 2.27. The Labute approximate surface area is 115 Å². The van der Waals surface area contributed by atoms with Gasteiger partial charge in [-0.25, -0.2) is 4.39 Å². The Balaban J connectivity index is 2.07. The SMILES string of the molecule is Cc1ccccc1-c1noc(-c2cc(N)ccc2F)n1. The Hall–Kier alpha value is -2.69. The van der Waals surface area contributed by atoms with Crippen molar-refractivity contribution >= 4 is 5.69 Å². The Bertz CT molecular complexity index is 767. The fourth-order valence-corrected chi connectivity index (χ4v) is 1.97. The highest BCUT2D eigenvalue weighted by Gasteiger charge is 2.15. The molecule has 0 saturated carbocycles. The zero-order valence-corrected chi connectivity index (χ0v) is 10.8. The zero-order chi connectivity index (χ0) is 14.1. The van der Waals surface area contributed by atoms with Gasteiger partial charge in [0.25, 0.3) is 5.89 Å². The summed E-state index contributed by atoms with van der Waals surface area (Å²) in [6.07, 6.45) is 0. The van der Waals surface area contributed by atoms with Crippen molar-refractivity contribution in [3.8, 4) is 22.8 Å². The average molecular weight is 269 g/mol. The van der Waals surface area contributed by atoms with Crippen molar-refractivity contribution in [1.82, 2.24) is 10.1 Å². The molecule has 0 amide bonds. The summed E-state index contributed by atoms with van der Waals surface area (Å²) in [5.74, 6) is 0.104. The van der Waals surface area contributed by atoms with Gasteiger partial charge in [-0.3, -0.25) is 0 Å². The van der Waals surface area contributed by atoms with Gasteiger partial charge in [0.1, 0.15) is 5.82 Å². The molecule has 100 valence electrons. The minimum absolute atomic E-state index is 0.119. The lowest BCUT2D eigenvalue weighted by atomic mass is 10.1. The third kappa shape index (κ3) is 2.14. The van der Waals surface area contributed by atoms with E-state index in [-0.39, 0.29) is 11.5 Å². The predicted octanol–water partition coefficient (Wildman–Crippen LogP) is 3.43. The van der Waals surface area contributed by atoms with Gasteiger partial charge in [-0.05, 0) is 30.7 Å². The van der Waals surface area contributed by atoms with Crippen LogP contribution in [0.5, 0.6) is 0 Å². The fourth-order valence-electron chi connectivity index (χ4n) is 1.97. The number of nitrogens with two attached hydrogens (primary N) is 1. The molecule has 0 atom stereocenters. The second kappa shape index (κ2) is 4.77. The van der Waals surface area contributed by atoms with Crippen LogP contribution in [0, 0.1) is 12.7 Å². The van der Waals surface area contributed by atoms with E-state index in [1.807, 2.05) is 31.2 Å². The molecule has 3 rings (SSSR count). The number of nitrogens with zero attached hydrogens (tertiary/aromatic N) is 2. The maximum Gasteiger partial charge on any atom is 0.261 e. The molecule has 0 saturated heterocycles. The van der Waals surface area contributed by atoms with Crippen molar-refractivity contribution in [3.05, 3.63) is 53.8 Å². The number of hydrogen-bond acceptors (Lipinski definition) is 4. The van der Waals surface area contributed by atoms with E-state index in [1.165, 1.54) is 18.2 Å². The van der Waals surface area contributed by atoms with Crippen LogP contribution in [0.4, 0.5) is 10.1 Å². The number of rotatable bonds is 2. The molecule has 2 N–H and O–H groups in total. The maximum atomic E-state index is 13.8. The van der Waals surface area contributed by atoms with Crippen molar-refractivity contribution < 1.29 is 8.91 Å². The van der Waals surface area contributed by atoms with Crippen molar-refractivity contribution in [2.75, 3.05) is 5.73 Å². The molecule has 20 heavy (non-hydrogen) atoms. The number of hydrogen-bond donors (Lipinski definition) is 1. The normalized spacial score (nSPS) is 10.7. The van der Waals surface area contributed by atoms with Crippen LogP contribution < -0.4 is 5.73 Å². The van der Waals surface area contributed by atoms with Crippen LogP contribution >= 0.6 is 0 Å². The smallest absolute Gasteiger partial charge is 0.261 e. The molecule has 2 aromatic carbocycles. The second-order valence-electron chi connectivity index (χ2n) is 4.48. The van der Waals surface area contributed by atoms with Crippen LogP contribution in [0.3, 0.4) is 0 Å². The molecular formula is C15H12FN3O. The molecule has 0 aliphatic heterocycles. The van der Waals surface area contributed by atoms with Gasteiger partial charge in [-0.2, -0.15) is 4.98 Å². The van der Waals surface area contributed by atoms with E-state index in [2.05, 4.69) is 10.1 Å². The minimum atomic E-state index is -0.445. The third-order valence-corrected chi connectivity index (χ3v) is 3.03. The molecule has 0 aliphatic rings. The lowest BCUT2D eigenvalue weighted by molar-refractivity contribution is 0.429. The summed E-state index contributed by atoms with van der Waals surface area (Å²) < 4.78 is 18.9. The van der Waals surface area contributed by atoms with Gasteiger partial charge in [0.2, 0.25) is 5.82 Å². The van der Waals surface area contributed by atoms with Crippen molar-refractivity contribution in [2.24, 2.45) is 0 Å². The third-order valence-electron chi connectivity index (χ3n) is 3.03. The molecular weight excluding hydrogens is 257 g/mol. The van der Waals surface area contributed by atoms with Crippen molar-refractivity contribution in [2.45, 2.75) is 6.92 Å². The molecule has 0 fully saturated rings. The maximum absolute atomic E-state index is 13.8. The molecule has 0 bridgehead atoms. The minimum Gasteiger partial charge on any atom is -0.399 e. The number of nitrogen functional groups attached to an aromatic ring is 1. The number of aryl methyl sites for hydroxylation is 1. The van der Waals surface area contributed by atoms with Crippen molar-refractivity contribution in [1.29, 1.82) is 0 Å². The molecule has 1 heterocycles. The van der Waals surface area contributed by atoms with Gasteiger partial charge >= 0.3 is 0 Å². The first-order chi connectivity index (χ1) is 9.65. The number of aromatic nitrogens is 2. The summed E-state index contributed by atoms with van der Waals surface area (Å²) in [5.41, 5.74) is 8.17. The predicted molar refractivity (Wildman–Crippen MR) is 74.3 cm³/mol. The Morgan fingerprint density at radius 2 is 1.90 bits per heavy atom. The van der Waals surface area contributed by atoms with Gasteiger partial charge in [0.15, 0.2) is 0 Å². The first-order valence-corrected chi connectivity index (χ1v) is 6.10. The van der Waals surface area contributed by atoms with Gasteiger partial charge in [0, 0.05) is 11.3 Å². The van der Waals surface area contributed by atoms with Crippen LogP contribution in [0.15, 0.2) is 47.0 Å². The summed E-state index contributed by atoms with van der Waals surface area (Å²) in [5, 5.41) is 3.90. The summed E-state index contributed by atoms with van der Waals surface area (Å²) >= 11 is 0. The summed E-state index contributed by atoms with van der Waals surface area (Å²) in [6, 6.07) is 11.9. The first kappa shape index (κ1) is 12.3. The van der Waals surface area contributed by atoms with Crippen molar-refractivity contribution in [3.63, 3.8) is 0 Å². The molecule has 1 aromatic heterocycles. The van der Waals surface area contributed by atoms with E-state index in [0.29, 0.717) is 11.5 Å².